The zero-order valence-corrected chi connectivity index (χ0v) is 17.4. The van der Waals surface area contributed by atoms with Gasteiger partial charge in [0.15, 0.2) is 6.29 Å². The molecule has 1 fully saturated rings. The largest absolute Gasteiger partial charge is 0.447 e. The molecule has 7 heteroatoms. The first-order chi connectivity index (χ1) is 14.1. The number of anilines is 1. The third-order valence-electron chi connectivity index (χ3n) is 4.95. The highest BCUT2D eigenvalue weighted by Crippen LogP contribution is 2.27. The number of hydrogen-bond donors (Lipinski definition) is 1. The molecule has 2 aromatic rings. The SMILES string of the molecule is CCCCCC(O)c1ccc(N2C(=O)OC[C@@H]2COCc2ccc(C=O)s2)cc1. The lowest BCUT2D eigenvalue weighted by atomic mass is 10.0. The number of aliphatic hydroxyl groups excluding tert-OH is 1. The van der Waals surface area contributed by atoms with Crippen molar-refractivity contribution < 1.29 is 24.2 Å². The molecule has 0 saturated carbocycles. The smallest absolute Gasteiger partial charge is 0.414 e. The lowest BCUT2D eigenvalue weighted by molar-refractivity contribution is 0.103. The predicted octanol–water partition coefficient (Wildman–Crippen LogP) is 4.72. The van der Waals surface area contributed by atoms with Crippen molar-refractivity contribution in [2.75, 3.05) is 18.1 Å². The molecule has 1 saturated heterocycles. The second-order valence-electron chi connectivity index (χ2n) is 7.14. The van der Waals surface area contributed by atoms with E-state index in [2.05, 4.69) is 6.92 Å². The summed E-state index contributed by atoms with van der Waals surface area (Å²) in [6.45, 7) is 3.13. The van der Waals surface area contributed by atoms with Crippen LogP contribution in [0.4, 0.5) is 10.5 Å². The van der Waals surface area contributed by atoms with Crippen molar-refractivity contribution in [3.05, 3.63) is 51.7 Å². The number of hydrogen-bond acceptors (Lipinski definition) is 6. The third-order valence-corrected chi connectivity index (χ3v) is 5.94. The molecule has 6 nitrogen and oxygen atoms in total. The quantitative estimate of drug-likeness (QED) is 0.423. The first-order valence-corrected chi connectivity index (χ1v) is 10.8. The van der Waals surface area contributed by atoms with Gasteiger partial charge >= 0.3 is 6.09 Å². The minimum Gasteiger partial charge on any atom is -0.447 e. The Labute approximate surface area is 175 Å². The number of amides is 1. The van der Waals surface area contributed by atoms with E-state index in [0.29, 0.717) is 18.1 Å². The molecule has 1 amide bonds. The van der Waals surface area contributed by atoms with Crippen molar-refractivity contribution in [2.45, 2.75) is 51.4 Å². The van der Waals surface area contributed by atoms with E-state index in [4.69, 9.17) is 9.47 Å². The van der Waals surface area contributed by atoms with Gasteiger partial charge < -0.3 is 14.6 Å². The summed E-state index contributed by atoms with van der Waals surface area (Å²) in [4.78, 5) is 26.2. The monoisotopic (exact) mass is 417 g/mol. The molecule has 0 bridgehead atoms. The summed E-state index contributed by atoms with van der Waals surface area (Å²) in [6, 6.07) is 10.8. The van der Waals surface area contributed by atoms with E-state index in [1.807, 2.05) is 30.3 Å². The zero-order valence-electron chi connectivity index (χ0n) is 16.6. The van der Waals surface area contributed by atoms with Crippen molar-refractivity contribution >= 4 is 29.4 Å². The van der Waals surface area contributed by atoms with E-state index >= 15 is 0 Å². The Kier molecular flexibility index (Phi) is 7.80. The number of ether oxygens (including phenoxy) is 2. The highest BCUT2D eigenvalue weighted by Gasteiger charge is 2.34. The van der Waals surface area contributed by atoms with Crippen LogP contribution in [-0.4, -0.2) is 36.7 Å². The molecule has 1 unspecified atom stereocenters. The molecule has 3 rings (SSSR count). The molecular formula is C22H27NO5S. The molecule has 1 aliphatic rings. The van der Waals surface area contributed by atoms with Gasteiger partial charge in [0.25, 0.3) is 0 Å². The summed E-state index contributed by atoms with van der Waals surface area (Å²) in [6.07, 6.45) is 3.91. The van der Waals surface area contributed by atoms with Gasteiger partial charge in [-0.15, -0.1) is 11.3 Å². The Hall–Kier alpha value is -2.22. The summed E-state index contributed by atoms with van der Waals surface area (Å²) in [7, 11) is 0. The first-order valence-electron chi connectivity index (χ1n) is 9.98. The summed E-state index contributed by atoms with van der Waals surface area (Å²) < 4.78 is 11.0. The zero-order chi connectivity index (χ0) is 20.6. The molecule has 1 aromatic carbocycles. The number of rotatable bonds is 11. The van der Waals surface area contributed by atoms with E-state index in [0.717, 1.165) is 48.1 Å². The molecular weight excluding hydrogens is 390 g/mol. The Morgan fingerprint density at radius 3 is 2.76 bits per heavy atom. The van der Waals surface area contributed by atoms with Crippen LogP contribution in [0.15, 0.2) is 36.4 Å². The van der Waals surface area contributed by atoms with E-state index in [-0.39, 0.29) is 12.6 Å². The number of aldehydes is 1. The minimum absolute atomic E-state index is 0.215. The summed E-state index contributed by atoms with van der Waals surface area (Å²) in [5.41, 5.74) is 1.58. The maximum absolute atomic E-state index is 12.2. The van der Waals surface area contributed by atoms with Gasteiger partial charge in [0.2, 0.25) is 0 Å². The second kappa shape index (κ2) is 10.5. The third kappa shape index (κ3) is 5.65. The Balaban J connectivity index is 1.57. The van der Waals surface area contributed by atoms with Gasteiger partial charge in [-0.25, -0.2) is 4.79 Å². The molecule has 29 heavy (non-hydrogen) atoms. The number of benzene rings is 1. The van der Waals surface area contributed by atoms with Crippen molar-refractivity contribution in [3.8, 4) is 0 Å². The molecule has 2 heterocycles. The van der Waals surface area contributed by atoms with Crippen LogP contribution in [-0.2, 0) is 16.1 Å². The summed E-state index contributed by atoms with van der Waals surface area (Å²) in [5.74, 6) is 0. The number of cyclic esters (lactones) is 1. The Morgan fingerprint density at radius 2 is 2.07 bits per heavy atom. The topological polar surface area (TPSA) is 76.1 Å². The lowest BCUT2D eigenvalue weighted by Crippen LogP contribution is -2.36. The van der Waals surface area contributed by atoms with Crippen LogP contribution in [0, 0.1) is 0 Å². The molecule has 0 spiro atoms. The summed E-state index contributed by atoms with van der Waals surface area (Å²) >= 11 is 1.40. The van der Waals surface area contributed by atoms with E-state index < -0.39 is 12.2 Å². The van der Waals surface area contributed by atoms with Crippen LogP contribution in [0.5, 0.6) is 0 Å². The molecule has 1 aromatic heterocycles. The summed E-state index contributed by atoms with van der Waals surface area (Å²) in [5, 5.41) is 10.3. The fraction of sp³-hybridized carbons (Fsp3) is 0.455. The van der Waals surface area contributed by atoms with Crippen LogP contribution in [0.25, 0.3) is 0 Å². The molecule has 0 aliphatic carbocycles. The van der Waals surface area contributed by atoms with E-state index in [1.54, 1.807) is 11.0 Å². The van der Waals surface area contributed by atoms with Crippen molar-refractivity contribution in [1.82, 2.24) is 0 Å². The molecule has 1 aliphatic heterocycles. The maximum Gasteiger partial charge on any atom is 0.414 e. The van der Waals surface area contributed by atoms with Crippen LogP contribution < -0.4 is 4.90 Å². The fourth-order valence-electron chi connectivity index (χ4n) is 3.34. The van der Waals surface area contributed by atoms with Crippen molar-refractivity contribution in [2.24, 2.45) is 0 Å². The average Bonchev–Trinajstić information content (AvgIpc) is 3.35. The normalized spacial score (nSPS) is 17.4. The number of carbonyl (C=O) groups is 2. The minimum atomic E-state index is -0.484. The predicted molar refractivity (Wildman–Crippen MR) is 113 cm³/mol. The molecule has 0 radical (unpaired) electrons. The van der Waals surface area contributed by atoms with Gasteiger partial charge in [-0.05, 0) is 36.2 Å². The Bertz CT molecular complexity index is 804. The van der Waals surface area contributed by atoms with E-state index in [1.165, 1.54) is 11.3 Å². The number of aliphatic hydroxyl groups is 1. The van der Waals surface area contributed by atoms with Gasteiger partial charge in [0.05, 0.1) is 30.2 Å². The standard InChI is InChI=1S/C22H27NO5S/c1-2-3-4-5-21(25)16-6-8-17(9-7-16)23-18(14-28-22(23)26)13-27-15-20-11-10-19(12-24)29-20/h6-12,18,21,25H,2-5,13-15H2,1H3/t18-,21?/m0/s1. The Morgan fingerprint density at radius 1 is 1.28 bits per heavy atom. The molecule has 156 valence electrons. The van der Waals surface area contributed by atoms with Crippen molar-refractivity contribution in [3.63, 3.8) is 0 Å². The van der Waals surface area contributed by atoms with Gasteiger partial charge in [-0.2, -0.15) is 0 Å². The molecule has 2 atom stereocenters. The van der Waals surface area contributed by atoms with Gasteiger partial charge in [-0.3, -0.25) is 9.69 Å². The average molecular weight is 418 g/mol. The highest BCUT2D eigenvalue weighted by molar-refractivity contribution is 7.13. The van der Waals surface area contributed by atoms with E-state index in [9.17, 15) is 14.7 Å². The number of unbranched alkanes of at least 4 members (excludes halogenated alkanes) is 2. The first kappa shape index (κ1) is 21.5. The number of nitrogens with zero attached hydrogens (tertiary/aromatic N) is 1. The van der Waals surface area contributed by atoms with Gasteiger partial charge in [0.1, 0.15) is 6.61 Å². The lowest BCUT2D eigenvalue weighted by Gasteiger charge is -2.22. The van der Waals surface area contributed by atoms with Gasteiger partial charge in [0, 0.05) is 10.6 Å². The number of thiophene rings is 1. The number of carbonyl (C=O) groups excluding carboxylic acids is 2. The van der Waals surface area contributed by atoms with Gasteiger partial charge in [-0.1, -0.05) is 38.3 Å². The highest BCUT2D eigenvalue weighted by atomic mass is 32.1. The fourth-order valence-corrected chi connectivity index (χ4v) is 4.11. The van der Waals surface area contributed by atoms with Crippen LogP contribution >= 0.6 is 11.3 Å². The molecule has 1 N–H and O–H groups in total. The second-order valence-corrected chi connectivity index (χ2v) is 8.34. The van der Waals surface area contributed by atoms with Crippen LogP contribution in [0.2, 0.25) is 0 Å². The maximum atomic E-state index is 12.2. The van der Waals surface area contributed by atoms with Crippen LogP contribution in [0.1, 0.15) is 58.8 Å². The van der Waals surface area contributed by atoms with Crippen LogP contribution in [0.3, 0.4) is 0 Å². The van der Waals surface area contributed by atoms with Crippen molar-refractivity contribution in [1.29, 1.82) is 0 Å².